The van der Waals surface area contributed by atoms with Crippen LogP contribution in [0, 0.1) is 10.8 Å². The van der Waals surface area contributed by atoms with Gasteiger partial charge in [0.25, 0.3) is 0 Å². The molecule has 2 atom stereocenters. The molecule has 0 aromatic rings. The molecule has 0 aliphatic heterocycles. The molecule has 0 heterocycles. The Hall–Kier alpha value is -0.710. The van der Waals surface area contributed by atoms with Crippen molar-refractivity contribution in [2.45, 2.75) is 191 Å². The predicted molar refractivity (Wildman–Crippen MR) is 167 cm³/mol. The molecule has 2 rings (SSSR count). The largest absolute Gasteiger partial charge is 0.480 e. The lowest BCUT2D eigenvalue weighted by Crippen LogP contribution is -2.59. The lowest BCUT2D eigenvalue weighted by atomic mass is 9.62. The molecule has 228 valence electrons. The van der Waals surface area contributed by atoms with Crippen LogP contribution in [0.15, 0.2) is 0 Å². The van der Waals surface area contributed by atoms with E-state index in [-0.39, 0.29) is 10.8 Å². The molecular formula is C34H62O4S. The van der Waals surface area contributed by atoms with Crippen LogP contribution in [-0.2, 0) is 9.59 Å². The molecule has 0 bridgehead atoms. The molecule has 0 amide bonds. The number of hydrogen-bond donors (Lipinski definition) is 2. The first-order chi connectivity index (χ1) is 18.6. The van der Waals surface area contributed by atoms with E-state index in [9.17, 15) is 19.8 Å². The predicted octanol–water partition coefficient (Wildman–Crippen LogP) is 10.8. The molecule has 2 saturated carbocycles. The van der Waals surface area contributed by atoms with Crippen molar-refractivity contribution in [3.05, 3.63) is 0 Å². The highest BCUT2D eigenvalue weighted by Crippen LogP contribution is 2.63. The minimum atomic E-state index is -1.10. The maximum Gasteiger partial charge on any atom is 0.320 e. The van der Waals surface area contributed by atoms with Crippen molar-refractivity contribution < 1.29 is 19.8 Å². The minimum Gasteiger partial charge on any atom is -0.480 e. The van der Waals surface area contributed by atoms with Crippen molar-refractivity contribution in [1.29, 1.82) is 0 Å². The first-order valence-electron chi connectivity index (χ1n) is 16.8. The zero-order chi connectivity index (χ0) is 28.8. The molecule has 2 N–H and O–H groups in total. The molecule has 2 fully saturated rings. The third kappa shape index (κ3) is 8.65. The molecule has 4 nitrogen and oxygen atoms in total. The SMILES string of the molecule is CCCCCCCCC1(C(C)(SC(C)(C(=O)O)C2(CCCCCCCC)CCCCC2)C(=O)O)CCCCC1. The van der Waals surface area contributed by atoms with Crippen LogP contribution in [0.5, 0.6) is 0 Å². The molecule has 5 heteroatoms. The van der Waals surface area contributed by atoms with E-state index in [0.29, 0.717) is 0 Å². The van der Waals surface area contributed by atoms with Crippen LogP contribution in [-0.4, -0.2) is 31.6 Å². The van der Waals surface area contributed by atoms with Crippen LogP contribution in [0.2, 0.25) is 0 Å². The second-order valence-corrected chi connectivity index (χ2v) is 15.3. The number of carbonyl (C=O) groups is 2. The molecule has 2 aliphatic rings. The molecule has 0 aromatic carbocycles. The summed E-state index contributed by atoms with van der Waals surface area (Å²) in [5.74, 6) is -1.59. The summed E-state index contributed by atoms with van der Waals surface area (Å²) in [5.41, 5.74) is -0.668. The van der Waals surface area contributed by atoms with E-state index in [1.807, 2.05) is 13.8 Å². The van der Waals surface area contributed by atoms with Gasteiger partial charge in [0, 0.05) is 0 Å². The van der Waals surface area contributed by atoms with Crippen molar-refractivity contribution in [1.82, 2.24) is 0 Å². The normalized spacial score (nSPS) is 22.1. The summed E-state index contributed by atoms with van der Waals surface area (Å²) in [6.07, 6.45) is 26.4. The Labute approximate surface area is 245 Å². The molecule has 2 aliphatic carbocycles. The van der Waals surface area contributed by atoms with Crippen LogP contribution < -0.4 is 0 Å². The second-order valence-electron chi connectivity index (χ2n) is 13.5. The number of thioether (sulfide) groups is 1. The van der Waals surface area contributed by atoms with Crippen LogP contribution in [0.4, 0.5) is 0 Å². The summed E-state index contributed by atoms with van der Waals surface area (Å²) in [5, 5.41) is 21.9. The summed E-state index contributed by atoms with van der Waals surface area (Å²) >= 11 is 1.37. The van der Waals surface area contributed by atoms with Gasteiger partial charge in [-0.25, -0.2) is 0 Å². The highest BCUT2D eigenvalue weighted by Gasteiger charge is 2.62. The Balaban J connectivity index is 2.35. The lowest BCUT2D eigenvalue weighted by Gasteiger charge is -2.55. The Morgan fingerprint density at radius 3 is 1.18 bits per heavy atom. The lowest BCUT2D eigenvalue weighted by molar-refractivity contribution is -0.145. The zero-order valence-electron chi connectivity index (χ0n) is 26.1. The number of hydrogen-bond acceptors (Lipinski definition) is 3. The van der Waals surface area contributed by atoms with E-state index in [1.165, 1.54) is 63.1 Å². The molecular weight excluding hydrogens is 504 g/mol. The van der Waals surface area contributed by atoms with Crippen LogP contribution in [0.1, 0.15) is 182 Å². The van der Waals surface area contributed by atoms with E-state index >= 15 is 0 Å². The van der Waals surface area contributed by atoms with Gasteiger partial charge < -0.3 is 10.2 Å². The Morgan fingerprint density at radius 2 is 0.872 bits per heavy atom. The van der Waals surface area contributed by atoms with Crippen LogP contribution in [0.3, 0.4) is 0 Å². The quantitative estimate of drug-likeness (QED) is 0.143. The fourth-order valence-corrected chi connectivity index (χ4v) is 10.1. The number of carboxylic acids is 2. The van der Waals surface area contributed by atoms with Crippen LogP contribution in [0.25, 0.3) is 0 Å². The molecule has 2 unspecified atom stereocenters. The van der Waals surface area contributed by atoms with Gasteiger partial charge in [0.1, 0.15) is 9.49 Å². The summed E-state index contributed by atoms with van der Waals surface area (Å²) in [4.78, 5) is 26.7. The average molecular weight is 567 g/mol. The van der Waals surface area contributed by atoms with Gasteiger partial charge in [-0.1, -0.05) is 129 Å². The van der Waals surface area contributed by atoms with Crippen molar-refractivity contribution >= 4 is 23.7 Å². The van der Waals surface area contributed by atoms with E-state index in [4.69, 9.17) is 0 Å². The highest BCUT2D eigenvalue weighted by atomic mass is 32.2. The Morgan fingerprint density at radius 1 is 0.564 bits per heavy atom. The van der Waals surface area contributed by atoms with Crippen molar-refractivity contribution in [3.63, 3.8) is 0 Å². The average Bonchev–Trinajstić information content (AvgIpc) is 2.93. The molecule has 0 saturated heterocycles. The second kappa shape index (κ2) is 16.7. The fraction of sp³-hybridized carbons (Fsp3) is 0.941. The first-order valence-corrected chi connectivity index (χ1v) is 17.6. The van der Waals surface area contributed by atoms with Gasteiger partial charge in [-0.3, -0.25) is 9.59 Å². The minimum absolute atomic E-state index is 0.334. The fourth-order valence-electron chi connectivity index (χ4n) is 8.04. The van der Waals surface area contributed by atoms with Crippen molar-refractivity contribution in [2.24, 2.45) is 10.8 Å². The monoisotopic (exact) mass is 566 g/mol. The number of rotatable bonds is 20. The molecule has 0 aromatic heterocycles. The van der Waals surface area contributed by atoms with E-state index < -0.39 is 21.4 Å². The number of aliphatic carboxylic acids is 2. The smallest absolute Gasteiger partial charge is 0.320 e. The van der Waals surface area contributed by atoms with Gasteiger partial charge >= 0.3 is 11.9 Å². The van der Waals surface area contributed by atoms with Gasteiger partial charge in [0.2, 0.25) is 0 Å². The molecule has 0 spiro atoms. The Kier molecular flexibility index (Phi) is 14.7. The van der Waals surface area contributed by atoms with Gasteiger partial charge in [-0.2, -0.15) is 0 Å². The van der Waals surface area contributed by atoms with Gasteiger partial charge in [0.15, 0.2) is 0 Å². The summed E-state index contributed by atoms with van der Waals surface area (Å²) in [7, 11) is 0. The Bertz CT molecular complexity index is 665. The maximum atomic E-state index is 13.3. The number of carboxylic acid groups (broad SMARTS) is 2. The van der Waals surface area contributed by atoms with Crippen LogP contribution >= 0.6 is 11.8 Å². The number of unbranched alkanes of at least 4 members (excludes halogenated alkanes) is 10. The highest BCUT2D eigenvalue weighted by molar-refractivity contribution is 8.03. The third-order valence-electron chi connectivity index (χ3n) is 10.9. The van der Waals surface area contributed by atoms with Crippen molar-refractivity contribution in [2.75, 3.05) is 0 Å². The van der Waals surface area contributed by atoms with Gasteiger partial charge in [0.05, 0.1) is 0 Å². The summed E-state index contributed by atoms with van der Waals surface area (Å²) in [6, 6.07) is 0. The van der Waals surface area contributed by atoms with Gasteiger partial charge in [-0.05, 0) is 63.2 Å². The zero-order valence-corrected chi connectivity index (χ0v) is 26.9. The van der Waals surface area contributed by atoms with Gasteiger partial charge in [-0.15, -0.1) is 11.8 Å². The summed E-state index contributed by atoms with van der Waals surface area (Å²) < 4.78 is -2.20. The topological polar surface area (TPSA) is 74.6 Å². The third-order valence-corrected chi connectivity index (χ3v) is 12.9. The van der Waals surface area contributed by atoms with E-state index in [2.05, 4.69) is 13.8 Å². The standard InChI is InChI=1S/C34H62O4S/c1-5-7-9-11-13-17-23-33(25-19-15-20-26-33)31(3,29(35)36)39-32(4,30(37)38)34(27-21-16-22-28-34)24-18-14-12-10-8-6-2/h5-28H2,1-4H3,(H,35,36)(H,37,38). The molecule has 0 radical (unpaired) electrons. The molecule has 39 heavy (non-hydrogen) atoms. The first kappa shape index (κ1) is 34.5. The summed E-state index contributed by atoms with van der Waals surface area (Å²) in [6.45, 7) is 8.31. The maximum absolute atomic E-state index is 13.3. The van der Waals surface area contributed by atoms with E-state index in [1.54, 1.807) is 0 Å². The van der Waals surface area contributed by atoms with Crippen molar-refractivity contribution in [3.8, 4) is 0 Å². The van der Waals surface area contributed by atoms with E-state index in [0.717, 1.165) is 103 Å².